The number of rotatable bonds is 4. The average molecular weight is 383 g/mol. The molecule has 0 fully saturated rings. The maximum Gasteiger partial charge on any atom is 0.276 e. The molecule has 5 heteroatoms. The number of nitrogens with zero attached hydrogens (tertiary/aromatic N) is 1. The molecule has 0 atom stereocenters. The zero-order valence-electron chi connectivity index (χ0n) is 16.3. The van der Waals surface area contributed by atoms with E-state index in [-0.39, 0.29) is 11.1 Å². The summed E-state index contributed by atoms with van der Waals surface area (Å²) >= 11 is 0. The van der Waals surface area contributed by atoms with Gasteiger partial charge in [0.05, 0.1) is 11.6 Å². The van der Waals surface area contributed by atoms with E-state index in [1.807, 2.05) is 68.4 Å². The summed E-state index contributed by atoms with van der Waals surface area (Å²) in [7, 11) is 0. The first-order valence-corrected chi connectivity index (χ1v) is 9.44. The second kappa shape index (κ2) is 7.72. The summed E-state index contributed by atoms with van der Waals surface area (Å²) in [5.74, 6) is -0.509. The second-order valence-electron chi connectivity index (χ2n) is 7.18. The third-order valence-electron chi connectivity index (χ3n) is 4.92. The van der Waals surface area contributed by atoms with Gasteiger partial charge in [-0.2, -0.15) is 5.10 Å². The van der Waals surface area contributed by atoms with Crippen LogP contribution in [0.2, 0.25) is 0 Å². The van der Waals surface area contributed by atoms with E-state index in [9.17, 15) is 9.59 Å². The van der Waals surface area contributed by atoms with Crippen molar-refractivity contribution in [3.63, 3.8) is 0 Å². The number of carbonyl (C=O) groups excluding carboxylic acids is 1. The van der Waals surface area contributed by atoms with Gasteiger partial charge in [-0.15, -0.1) is 0 Å². The smallest absolute Gasteiger partial charge is 0.276 e. The highest BCUT2D eigenvalue weighted by Gasteiger charge is 2.21. The minimum atomic E-state index is -0.509. The van der Waals surface area contributed by atoms with Crippen LogP contribution < -0.4 is 10.7 Å². The molecule has 0 spiro atoms. The van der Waals surface area contributed by atoms with Gasteiger partial charge >= 0.3 is 0 Å². The van der Waals surface area contributed by atoms with Gasteiger partial charge in [0.25, 0.3) is 5.91 Å². The van der Waals surface area contributed by atoms with Gasteiger partial charge in [-0.1, -0.05) is 71.8 Å². The fourth-order valence-electron chi connectivity index (χ4n) is 3.48. The predicted octanol–water partition coefficient (Wildman–Crippen LogP) is 4.06. The van der Waals surface area contributed by atoms with E-state index in [4.69, 9.17) is 0 Å². The van der Waals surface area contributed by atoms with Crippen molar-refractivity contribution in [3.8, 4) is 0 Å². The van der Waals surface area contributed by atoms with Crippen LogP contribution in [0, 0.1) is 13.8 Å². The van der Waals surface area contributed by atoms with Gasteiger partial charge in [0, 0.05) is 5.39 Å². The van der Waals surface area contributed by atoms with Gasteiger partial charge in [-0.3, -0.25) is 14.7 Å². The van der Waals surface area contributed by atoms with Crippen molar-refractivity contribution in [1.82, 2.24) is 15.5 Å². The van der Waals surface area contributed by atoms with E-state index in [1.54, 1.807) is 18.2 Å². The minimum absolute atomic E-state index is 0.144. The Hall–Kier alpha value is -3.73. The third kappa shape index (κ3) is 3.80. The van der Waals surface area contributed by atoms with Crippen LogP contribution in [0.1, 0.15) is 38.8 Å². The van der Waals surface area contributed by atoms with E-state index < -0.39 is 11.9 Å². The topological polar surface area (TPSA) is 74.8 Å². The van der Waals surface area contributed by atoms with Crippen LogP contribution in [-0.2, 0) is 0 Å². The lowest BCUT2D eigenvalue weighted by Crippen LogP contribution is -2.34. The molecule has 3 aromatic carbocycles. The molecule has 0 aliphatic heterocycles. The Labute approximate surface area is 168 Å². The summed E-state index contributed by atoms with van der Waals surface area (Å²) < 4.78 is 0. The number of aromatic nitrogens is 2. The number of H-pyrrole nitrogens is 1. The lowest BCUT2D eigenvalue weighted by molar-refractivity contribution is 0.0936. The highest BCUT2D eigenvalue weighted by molar-refractivity contribution is 5.95. The number of aromatic amines is 1. The number of nitrogens with one attached hydrogen (secondary N) is 2. The molecule has 0 saturated carbocycles. The first-order chi connectivity index (χ1) is 14.0. The van der Waals surface area contributed by atoms with Crippen LogP contribution in [0.3, 0.4) is 0 Å². The first-order valence-electron chi connectivity index (χ1n) is 9.44. The molecule has 144 valence electrons. The molecule has 5 nitrogen and oxygen atoms in total. The van der Waals surface area contributed by atoms with Crippen molar-refractivity contribution in [1.29, 1.82) is 0 Å². The quantitative estimate of drug-likeness (QED) is 0.558. The molecule has 0 radical (unpaired) electrons. The summed E-state index contributed by atoms with van der Waals surface area (Å²) in [5.41, 5.74) is 4.15. The summed E-state index contributed by atoms with van der Waals surface area (Å²) in [6.45, 7) is 4.02. The number of hydrogen-bond donors (Lipinski definition) is 2. The van der Waals surface area contributed by atoms with Crippen molar-refractivity contribution >= 4 is 16.8 Å². The SMILES string of the molecule is Cc1cccc(C(NC(=O)c2n[nH]c3ccccc3c2=O)c2cccc(C)c2)c1. The Kier molecular flexibility index (Phi) is 4.96. The molecule has 0 bridgehead atoms. The number of aryl methyl sites for hydroxylation is 2. The van der Waals surface area contributed by atoms with Crippen LogP contribution in [-0.4, -0.2) is 16.1 Å². The highest BCUT2D eigenvalue weighted by atomic mass is 16.2. The molecule has 1 aromatic heterocycles. The molecular formula is C24H21N3O2. The number of amides is 1. The molecule has 0 aliphatic carbocycles. The van der Waals surface area contributed by atoms with Gasteiger partial charge in [0.2, 0.25) is 5.43 Å². The fourth-order valence-corrected chi connectivity index (χ4v) is 3.48. The molecule has 29 heavy (non-hydrogen) atoms. The van der Waals surface area contributed by atoms with Crippen molar-refractivity contribution in [2.75, 3.05) is 0 Å². The lowest BCUT2D eigenvalue weighted by Gasteiger charge is -2.20. The molecule has 1 amide bonds. The van der Waals surface area contributed by atoms with Gasteiger partial charge in [-0.05, 0) is 37.1 Å². The van der Waals surface area contributed by atoms with E-state index in [0.29, 0.717) is 10.9 Å². The number of carbonyl (C=O) groups is 1. The van der Waals surface area contributed by atoms with E-state index in [1.165, 1.54) is 0 Å². The molecule has 0 aliphatic rings. The summed E-state index contributed by atoms with van der Waals surface area (Å²) in [5, 5.41) is 10.3. The van der Waals surface area contributed by atoms with Crippen LogP contribution in [0.5, 0.6) is 0 Å². The second-order valence-corrected chi connectivity index (χ2v) is 7.18. The molecule has 4 rings (SSSR count). The largest absolute Gasteiger partial charge is 0.340 e. The number of benzene rings is 3. The molecule has 4 aromatic rings. The fraction of sp³-hybridized carbons (Fsp3) is 0.125. The Balaban J connectivity index is 1.76. The third-order valence-corrected chi connectivity index (χ3v) is 4.92. The normalized spacial score (nSPS) is 11.0. The number of para-hydroxylation sites is 1. The molecule has 0 unspecified atom stereocenters. The lowest BCUT2D eigenvalue weighted by atomic mass is 9.96. The summed E-state index contributed by atoms with van der Waals surface area (Å²) in [6.07, 6.45) is 0. The van der Waals surface area contributed by atoms with Crippen LogP contribution in [0.4, 0.5) is 0 Å². The Morgan fingerprint density at radius 2 is 1.52 bits per heavy atom. The Bertz CT molecular complexity index is 1210. The maximum atomic E-state index is 13.0. The van der Waals surface area contributed by atoms with Crippen LogP contribution in [0.25, 0.3) is 10.9 Å². The van der Waals surface area contributed by atoms with Gasteiger partial charge < -0.3 is 5.32 Å². The standard InChI is InChI=1S/C24H21N3O2/c1-15-7-5-9-17(13-15)21(18-10-6-8-16(2)14-18)25-24(29)22-23(28)19-11-3-4-12-20(19)26-27-22/h3-14,21H,1-2H3,(H,25,29)(H,26,28). The van der Waals surface area contributed by atoms with Gasteiger partial charge in [0.15, 0.2) is 5.69 Å². The van der Waals surface area contributed by atoms with E-state index in [2.05, 4.69) is 15.5 Å². The monoisotopic (exact) mass is 383 g/mol. The van der Waals surface area contributed by atoms with Gasteiger partial charge in [-0.25, -0.2) is 0 Å². The van der Waals surface area contributed by atoms with Gasteiger partial charge in [0.1, 0.15) is 0 Å². The highest BCUT2D eigenvalue weighted by Crippen LogP contribution is 2.24. The summed E-state index contributed by atoms with van der Waals surface area (Å²) in [6, 6.07) is 22.6. The van der Waals surface area contributed by atoms with Crippen molar-refractivity contribution in [3.05, 3.63) is 111 Å². The van der Waals surface area contributed by atoms with Crippen molar-refractivity contribution in [2.45, 2.75) is 19.9 Å². The first kappa shape index (κ1) is 18.6. The molecule has 2 N–H and O–H groups in total. The Morgan fingerprint density at radius 1 is 0.897 bits per heavy atom. The zero-order valence-corrected chi connectivity index (χ0v) is 16.3. The van der Waals surface area contributed by atoms with Crippen LogP contribution in [0.15, 0.2) is 77.6 Å². The molecule has 1 heterocycles. The Morgan fingerprint density at radius 3 is 2.14 bits per heavy atom. The summed E-state index contributed by atoms with van der Waals surface area (Å²) in [4.78, 5) is 25.8. The minimum Gasteiger partial charge on any atom is -0.340 e. The maximum absolute atomic E-state index is 13.0. The molecule has 0 saturated heterocycles. The number of hydrogen-bond acceptors (Lipinski definition) is 3. The molecular weight excluding hydrogens is 362 g/mol. The zero-order chi connectivity index (χ0) is 20.4. The van der Waals surface area contributed by atoms with Crippen molar-refractivity contribution in [2.24, 2.45) is 0 Å². The van der Waals surface area contributed by atoms with E-state index >= 15 is 0 Å². The van der Waals surface area contributed by atoms with Crippen LogP contribution >= 0.6 is 0 Å². The van der Waals surface area contributed by atoms with E-state index in [0.717, 1.165) is 22.3 Å². The van der Waals surface area contributed by atoms with Crippen molar-refractivity contribution < 1.29 is 4.79 Å². The average Bonchev–Trinajstić information content (AvgIpc) is 2.72. The predicted molar refractivity (Wildman–Crippen MR) is 114 cm³/mol. The number of fused-ring (bicyclic) bond motifs is 1.